The molecule has 1 amide bonds. The fraction of sp³-hybridized carbons (Fsp3) is 0.222. The molecule has 0 unspecified atom stereocenters. The van der Waals surface area contributed by atoms with E-state index in [1.165, 1.54) is 0 Å². The van der Waals surface area contributed by atoms with Gasteiger partial charge in [-0.15, -0.1) is 0 Å². The van der Waals surface area contributed by atoms with Gasteiger partial charge in [-0.3, -0.25) is 4.79 Å². The maximum absolute atomic E-state index is 12.0. The first-order valence-corrected chi connectivity index (χ1v) is 7.83. The molecule has 0 atom stereocenters. The average molecular weight is 321 g/mol. The monoisotopic (exact) mass is 321 g/mol. The number of hydrogen-bond acceptors (Lipinski definition) is 4. The summed E-state index contributed by atoms with van der Waals surface area (Å²) in [5.74, 6) is 1.29. The largest absolute Gasteiger partial charge is 0.354 e. The van der Waals surface area contributed by atoms with Crippen LogP contribution in [0.15, 0.2) is 55.1 Å². The van der Waals surface area contributed by atoms with Crippen molar-refractivity contribution in [1.82, 2.24) is 24.8 Å². The molecule has 2 heterocycles. The molecule has 2 aromatic heterocycles. The number of rotatable bonds is 6. The first kappa shape index (κ1) is 15.9. The van der Waals surface area contributed by atoms with Gasteiger partial charge in [0.15, 0.2) is 11.6 Å². The van der Waals surface area contributed by atoms with Crippen LogP contribution in [0.3, 0.4) is 0 Å². The van der Waals surface area contributed by atoms with Crippen molar-refractivity contribution in [2.24, 2.45) is 0 Å². The van der Waals surface area contributed by atoms with E-state index in [2.05, 4.69) is 20.3 Å². The van der Waals surface area contributed by atoms with Crippen LogP contribution in [0.2, 0.25) is 0 Å². The molecule has 0 saturated carbocycles. The Morgan fingerprint density at radius 1 is 1.12 bits per heavy atom. The van der Waals surface area contributed by atoms with E-state index in [-0.39, 0.29) is 5.91 Å². The second kappa shape index (κ2) is 7.50. The standard InChI is InChI=1S/C18H19N5O/c1-14-4-2-5-15(12-14)13-16(24)19-8-10-23-11-9-22-18(23)17-20-6-3-7-21-17/h2-7,9,11-12H,8,10,13H2,1H3,(H,19,24). The third-order valence-electron chi connectivity index (χ3n) is 3.60. The van der Waals surface area contributed by atoms with Gasteiger partial charge >= 0.3 is 0 Å². The molecule has 122 valence electrons. The van der Waals surface area contributed by atoms with Crippen LogP contribution in [0.1, 0.15) is 11.1 Å². The van der Waals surface area contributed by atoms with Gasteiger partial charge in [0, 0.05) is 37.9 Å². The van der Waals surface area contributed by atoms with Crippen molar-refractivity contribution in [3.05, 3.63) is 66.2 Å². The zero-order valence-corrected chi connectivity index (χ0v) is 13.5. The van der Waals surface area contributed by atoms with Crippen molar-refractivity contribution in [2.45, 2.75) is 19.9 Å². The van der Waals surface area contributed by atoms with Crippen LogP contribution in [0.25, 0.3) is 11.6 Å². The van der Waals surface area contributed by atoms with Gasteiger partial charge in [-0.25, -0.2) is 15.0 Å². The number of carbonyl (C=O) groups is 1. The summed E-state index contributed by atoms with van der Waals surface area (Å²) in [6.07, 6.45) is 7.33. The van der Waals surface area contributed by atoms with E-state index in [9.17, 15) is 4.79 Å². The van der Waals surface area contributed by atoms with Crippen molar-refractivity contribution < 1.29 is 4.79 Å². The maximum atomic E-state index is 12.0. The fourth-order valence-electron chi connectivity index (χ4n) is 2.50. The summed E-state index contributed by atoms with van der Waals surface area (Å²) in [7, 11) is 0. The van der Waals surface area contributed by atoms with Crippen LogP contribution in [0.4, 0.5) is 0 Å². The zero-order chi connectivity index (χ0) is 16.8. The van der Waals surface area contributed by atoms with Gasteiger partial charge in [0.05, 0.1) is 6.42 Å². The summed E-state index contributed by atoms with van der Waals surface area (Å²) < 4.78 is 1.93. The van der Waals surface area contributed by atoms with Crippen LogP contribution < -0.4 is 5.32 Å². The lowest BCUT2D eigenvalue weighted by Gasteiger charge is -2.09. The van der Waals surface area contributed by atoms with E-state index in [4.69, 9.17) is 0 Å². The molecule has 0 fully saturated rings. The average Bonchev–Trinajstić information content (AvgIpc) is 3.04. The number of imidazole rings is 1. The summed E-state index contributed by atoms with van der Waals surface area (Å²) in [5, 5.41) is 2.94. The number of hydrogen-bond donors (Lipinski definition) is 1. The molecule has 0 spiro atoms. The Bertz CT molecular complexity index is 813. The quantitative estimate of drug-likeness (QED) is 0.754. The number of carbonyl (C=O) groups excluding carboxylic acids is 1. The van der Waals surface area contributed by atoms with Crippen molar-refractivity contribution in [2.75, 3.05) is 6.54 Å². The summed E-state index contributed by atoms with van der Waals surface area (Å²) in [5.41, 5.74) is 2.18. The van der Waals surface area contributed by atoms with Gasteiger partial charge in [0.25, 0.3) is 0 Å². The Balaban J connectivity index is 1.54. The Hall–Kier alpha value is -3.02. The number of amides is 1. The Labute approximate surface area is 140 Å². The number of benzene rings is 1. The molecule has 24 heavy (non-hydrogen) atoms. The highest BCUT2D eigenvalue weighted by Crippen LogP contribution is 2.10. The number of aromatic nitrogens is 4. The molecule has 0 bridgehead atoms. The highest BCUT2D eigenvalue weighted by Gasteiger charge is 2.08. The molecule has 0 aliphatic rings. The minimum absolute atomic E-state index is 0.0122. The van der Waals surface area contributed by atoms with Crippen LogP contribution in [0, 0.1) is 6.92 Å². The summed E-state index contributed by atoms with van der Waals surface area (Å²) >= 11 is 0. The number of aryl methyl sites for hydroxylation is 1. The molecule has 0 aliphatic carbocycles. The van der Waals surface area contributed by atoms with Crippen LogP contribution in [0.5, 0.6) is 0 Å². The van der Waals surface area contributed by atoms with Gasteiger partial charge in [-0.1, -0.05) is 29.8 Å². The first-order chi connectivity index (χ1) is 11.7. The Kier molecular flexibility index (Phi) is 4.96. The summed E-state index contributed by atoms with van der Waals surface area (Å²) in [6, 6.07) is 9.75. The molecule has 0 radical (unpaired) electrons. The first-order valence-electron chi connectivity index (χ1n) is 7.83. The van der Waals surface area contributed by atoms with E-state index in [1.54, 1.807) is 24.7 Å². The van der Waals surface area contributed by atoms with Gasteiger partial charge in [-0.2, -0.15) is 0 Å². The minimum atomic E-state index is 0.0122. The Morgan fingerprint density at radius 3 is 2.75 bits per heavy atom. The second-order valence-corrected chi connectivity index (χ2v) is 5.53. The van der Waals surface area contributed by atoms with Gasteiger partial charge in [0.1, 0.15) is 0 Å². The van der Waals surface area contributed by atoms with Crippen molar-refractivity contribution in [3.8, 4) is 11.6 Å². The van der Waals surface area contributed by atoms with Crippen molar-refractivity contribution >= 4 is 5.91 Å². The second-order valence-electron chi connectivity index (χ2n) is 5.53. The molecule has 1 aromatic carbocycles. The molecular weight excluding hydrogens is 302 g/mol. The van der Waals surface area contributed by atoms with Gasteiger partial charge < -0.3 is 9.88 Å². The third kappa shape index (κ3) is 4.04. The molecule has 0 saturated heterocycles. The lowest BCUT2D eigenvalue weighted by molar-refractivity contribution is -0.120. The highest BCUT2D eigenvalue weighted by atomic mass is 16.1. The van der Waals surface area contributed by atoms with E-state index in [1.807, 2.05) is 42.0 Å². The Morgan fingerprint density at radius 2 is 1.96 bits per heavy atom. The lowest BCUT2D eigenvalue weighted by atomic mass is 10.1. The molecule has 1 N–H and O–H groups in total. The summed E-state index contributed by atoms with van der Waals surface area (Å²) in [4.78, 5) is 24.7. The molecule has 6 heteroatoms. The van der Waals surface area contributed by atoms with Crippen LogP contribution >= 0.6 is 0 Å². The topological polar surface area (TPSA) is 72.7 Å². The van der Waals surface area contributed by atoms with E-state index in [0.717, 1.165) is 11.1 Å². The van der Waals surface area contributed by atoms with Gasteiger partial charge in [-0.05, 0) is 18.6 Å². The SMILES string of the molecule is Cc1cccc(CC(=O)NCCn2ccnc2-c2ncccn2)c1. The van der Waals surface area contributed by atoms with Crippen LogP contribution in [-0.2, 0) is 17.8 Å². The molecule has 0 aliphatic heterocycles. The smallest absolute Gasteiger partial charge is 0.224 e. The van der Waals surface area contributed by atoms with Crippen molar-refractivity contribution in [1.29, 1.82) is 0 Å². The minimum Gasteiger partial charge on any atom is -0.354 e. The highest BCUT2D eigenvalue weighted by molar-refractivity contribution is 5.78. The number of nitrogens with one attached hydrogen (secondary N) is 1. The number of nitrogens with zero attached hydrogens (tertiary/aromatic N) is 4. The van der Waals surface area contributed by atoms with Gasteiger partial charge in [0.2, 0.25) is 5.91 Å². The predicted octanol–water partition coefficient (Wildman–Crippen LogP) is 2.01. The normalized spacial score (nSPS) is 10.5. The van der Waals surface area contributed by atoms with E-state index in [0.29, 0.717) is 31.2 Å². The predicted molar refractivity (Wildman–Crippen MR) is 91.1 cm³/mol. The van der Waals surface area contributed by atoms with E-state index < -0.39 is 0 Å². The maximum Gasteiger partial charge on any atom is 0.224 e. The fourth-order valence-corrected chi connectivity index (χ4v) is 2.50. The van der Waals surface area contributed by atoms with Crippen LogP contribution in [-0.4, -0.2) is 32.0 Å². The third-order valence-corrected chi connectivity index (χ3v) is 3.60. The molecule has 3 aromatic rings. The summed E-state index contributed by atoms with van der Waals surface area (Å²) in [6.45, 7) is 3.17. The molecular formula is C18H19N5O. The van der Waals surface area contributed by atoms with E-state index >= 15 is 0 Å². The molecule has 3 rings (SSSR count). The zero-order valence-electron chi connectivity index (χ0n) is 13.5. The molecule has 6 nitrogen and oxygen atoms in total. The lowest BCUT2D eigenvalue weighted by Crippen LogP contribution is -2.28. The van der Waals surface area contributed by atoms with Crippen molar-refractivity contribution in [3.63, 3.8) is 0 Å².